The molecule has 5 heteroatoms. The summed E-state index contributed by atoms with van der Waals surface area (Å²) in [5.41, 5.74) is 0.610. The molecule has 100 valence electrons. The van der Waals surface area contributed by atoms with Gasteiger partial charge in [-0.3, -0.25) is 0 Å². The Morgan fingerprint density at radius 2 is 1.89 bits per heavy atom. The summed E-state index contributed by atoms with van der Waals surface area (Å²) in [5.74, 6) is 0.0889. The molecule has 0 aliphatic heterocycles. The molecular formula is C14H11BrClFO2. The van der Waals surface area contributed by atoms with Crippen molar-refractivity contribution in [3.63, 3.8) is 0 Å². The molecule has 2 aromatic rings. The summed E-state index contributed by atoms with van der Waals surface area (Å²) in [4.78, 5) is 0. The van der Waals surface area contributed by atoms with E-state index in [2.05, 4.69) is 15.9 Å². The molecule has 0 saturated heterocycles. The number of halogens is 3. The zero-order chi connectivity index (χ0) is 14.0. The predicted octanol–water partition coefficient (Wildman–Crippen LogP) is 4.33. The number of aliphatic hydroxyl groups is 1. The molecule has 0 aliphatic carbocycles. The Labute approximate surface area is 123 Å². The van der Waals surface area contributed by atoms with Crippen LogP contribution in [0, 0.1) is 5.82 Å². The Balaban J connectivity index is 2.41. The van der Waals surface area contributed by atoms with Crippen molar-refractivity contribution in [3.05, 3.63) is 62.8 Å². The van der Waals surface area contributed by atoms with Gasteiger partial charge in [-0.15, -0.1) is 0 Å². The Kier molecular flexibility index (Phi) is 4.45. The summed E-state index contributed by atoms with van der Waals surface area (Å²) in [6.45, 7) is 0. The molecule has 0 heterocycles. The lowest BCUT2D eigenvalue weighted by Crippen LogP contribution is -2.03. The summed E-state index contributed by atoms with van der Waals surface area (Å²) in [7, 11) is 1.52. The average Bonchev–Trinajstić information content (AvgIpc) is 2.37. The van der Waals surface area contributed by atoms with E-state index in [1.807, 2.05) is 0 Å². The standard InChI is InChI=1S/C14H11BrClFO2/c1-19-9-3-5-10(12(16)7-9)14(18)11-4-2-8(15)6-13(11)17/h2-7,14,18H,1H3. The highest BCUT2D eigenvalue weighted by molar-refractivity contribution is 9.10. The van der Waals surface area contributed by atoms with Gasteiger partial charge in [-0.05, 0) is 24.3 Å². The Hall–Kier alpha value is -1.10. The maximum absolute atomic E-state index is 13.8. The van der Waals surface area contributed by atoms with Crippen LogP contribution in [0.1, 0.15) is 17.2 Å². The van der Waals surface area contributed by atoms with Crippen molar-refractivity contribution in [2.24, 2.45) is 0 Å². The molecule has 0 aromatic heterocycles. The minimum atomic E-state index is -1.12. The fourth-order valence-electron chi connectivity index (χ4n) is 1.75. The van der Waals surface area contributed by atoms with E-state index >= 15 is 0 Å². The molecule has 1 atom stereocenters. The van der Waals surface area contributed by atoms with Crippen LogP contribution >= 0.6 is 27.5 Å². The monoisotopic (exact) mass is 344 g/mol. The normalized spacial score (nSPS) is 12.3. The fourth-order valence-corrected chi connectivity index (χ4v) is 2.35. The van der Waals surface area contributed by atoms with Crippen molar-refractivity contribution in [2.45, 2.75) is 6.10 Å². The number of methoxy groups -OCH3 is 1. The number of hydrogen-bond donors (Lipinski definition) is 1. The van der Waals surface area contributed by atoms with E-state index in [1.165, 1.54) is 19.2 Å². The highest BCUT2D eigenvalue weighted by atomic mass is 79.9. The average molecular weight is 346 g/mol. The summed E-state index contributed by atoms with van der Waals surface area (Å²) in [6.07, 6.45) is -1.12. The van der Waals surface area contributed by atoms with E-state index in [9.17, 15) is 9.50 Å². The van der Waals surface area contributed by atoms with Crippen LogP contribution in [0.5, 0.6) is 5.75 Å². The Bertz CT molecular complexity index is 604. The lowest BCUT2D eigenvalue weighted by molar-refractivity contribution is 0.215. The van der Waals surface area contributed by atoms with E-state index in [0.717, 1.165) is 0 Å². The van der Waals surface area contributed by atoms with Crippen molar-refractivity contribution >= 4 is 27.5 Å². The van der Waals surface area contributed by atoms with Crippen LogP contribution in [0.4, 0.5) is 4.39 Å². The largest absolute Gasteiger partial charge is 0.497 e. The van der Waals surface area contributed by atoms with E-state index < -0.39 is 11.9 Å². The van der Waals surface area contributed by atoms with Gasteiger partial charge in [0, 0.05) is 15.6 Å². The third kappa shape index (κ3) is 3.08. The van der Waals surface area contributed by atoms with Gasteiger partial charge in [0.2, 0.25) is 0 Å². The van der Waals surface area contributed by atoms with Crippen molar-refractivity contribution < 1.29 is 14.2 Å². The first kappa shape index (κ1) is 14.3. The van der Waals surface area contributed by atoms with E-state index in [1.54, 1.807) is 24.3 Å². The van der Waals surface area contributed by atoms with Gasteiger partial charge in [-0.1, -0.05) is 39.7 Å². The molecule has 2 aromatic carbocycles. The summed E-state index contributed by atoms with van der Waals surface area (Å²) >= 11 is 9.24. The molecule has 19 heavy (non-hydrogen) atoms. The molecule has 0 saturated carbocycles. The molecule has 2 nitrogen and oxygen atoms in total. The summed E-state index contributed by atoms with van der Waals surface area (Å²) in [5, 5.41) is 10.6. The number of benzene rings is 2. The van der Waals surface area contributed by atoms with Crippen molar-refractivity contribution in [3.8, 4) is 5.75 Å². The van der Waals surface area contributed by atoms with Crippen LogP contribution in [0.25, 0.3) is 0 Å². The smallest absolute Gasteiger partial charge is 0.130 e. The topological polar surface area (TPSA) is 29.5 Å². The lowest BCUT2D eigenvalue weighted by atomic mass is 10.0. The van der Waals surface area contributed by atoms with Crippen LogP contribution in [-0.4, -0.2) is 12.2 Å². The number of hydrogen-bond acceptors (Lipinski definition) is 2. The predicted molar refractivity (Wildman–Crippen MR) is 76.2 cm³/mol. The lowest BCUT2D eigenvalue weighted by Gasteiger charge is -2.15. The second kappa shape index (κ2) is 5.90. The van der Waals surface area contributed by atoms with Crippen LogP contribution in [0.3, 0.4) is 0 Å². The van der Waals surface area contributed by atoms with Crippen molar-refractivity contribution in [1.29, 1.82) is 0 Å². The third-order valence-corrected chi connectivity index (χ3v) is 3.58. The van der Waals surface area contributed by atoms with Crippen molar-refractivity contribution in [2.75, 3.05) is 7.11 Å². The minimum Gasteiger partial charge on any atom is -0.497 e. The molecule has 0 fully saturated rings. The third-order valence-electron chi connectivity index (χ3n) is 2.76. The number of ether oxygens (including phenoxy) is 1. The highest BCUT2D eigenvalue weighted by Crippen LogP contribution is 2.32. The van der Waals surface area contributed by atoms with Crippen LogP contribution in [-0.2, 0) is 0 Å². The van der Waals surface area contributed by atoms with Gasteiger partial charge in [0.1, 0.15) is 17.7 Å². The summed E-state index contributed by atoms with van der Waals surface area (Å²) < 4.78 is 19.4. The molecule has 2 rings (SSSR count). The Morgan fingerprint density at radius 1 is 1.21 bits per heavy atom. The molecule has 0 radical (unpaired) electrons. The van der Waals surface area contributed by atoms with Crippen LogP contribution < -0.4 is 4.74 Å². The molecule has 0 bridgehead atoms. The first-order chi connectivity index (χ1) is 9.02. The van der Waals surface area contributed by atoms with E-state index in [-0.39, 0.29) is 5.56 Å². The van der Waals surface area contributed by atoms with Gasteiger partial charge >= 0.3 is 0 Å². The first-order valence-electron chi connectivity index (χ1n) is 5.49. The van der Waals surface area contributed by atoms with E-state index in [4.69, 9.17) is 16.3 Å². The minimum absolute atomic E-state index is 0.176. The Morgan fingerprint density at radius 3 is 2.47 bits per heavy atom. The van der Waals surface area contributed by atoms with E-state index in [0.29, 0.717) is 20.8 Å². The zero-order valence-corrected chi connectivity index (χ0v) is 12.4. The molecule has 1 N–H and O–H groups in total. The van der Waals surface area contributed by atoms with Crippen molar-refractivity contribution in [1.82, 2.24) is 0 Å². The molecule has 1 unspecified atom stereocenters. The van der Waals surface area contributed by atoms with Crippen LogP contribution in [0.15, 0.2) is 40.9 Å². The van der Waals surface area contributed by atoms with Gasteiger partial charge in [-0.25, -0.2) is 4.39 Å². The SMILES string of the molecule is COc1ccc(C(O)c2ccc(Br)cc2F)c(Cl)c1. The maximum Gasteiger partial charge on any atom is 0.130 e. The maximum atomic E-state index is 13.8. The highest BCUT2D eigenvalue weighted by Gasteiger charge is 2.18. The fraction of sp³-hybridized carbons (Fsp3) is 0.143. The number of aliphatic hydroxyl groups excluding tert-OH is 1. The second-order valence-corrected chi connectivity index (χ2v) is 5.28. The second-order valence-electron chi connectivity index (χ2n) is 3.96. The summed E-state index contributed by atoms with van der Waals surface area (Å²) in [6, 6.07) is 9.35. The first-order valence-corrected chi connectivity index (χ1v) is 6.66. The van der Waals surface area contributed by atoms with Gasteiger partial charge in [0.05, 0.1) is 12.1 Å². The van der Waals surface area contributed by atoms with Gasteiger partial charge in [-0.2, -0.15) is 0 Å². The number of rotatable bonds is 3. The van der Waals surface area contributed by atoms with Crippen LogP contribution in [0.2, 0.25) is 5.02 Å². The van der Waals surface area contributed by atoms with Gasteiger partial charge in [0.15, 0.2) is 0 Å². The quantitative estimate of drug-likeness (QED) is 0.897. The van der Waals surface area contributed by atoms with Gasteiger partial charge in [0.25, 0.3) is 0 Å². The molecule has 0 amide bonds. The van der Waals surface area contributed by atoms with Gasteiger partial charge < -0.3 is 9.84 Å². The molecule has 0 spiro atoms. The molecule has 0 aliphatic rings. The zero-order valence-electron chi connectivity index (χ0n) is 10.0. The molecular weight excluding hydrogens is 335 g/mol.